The highest BCUT2D eigenvalue weighted by Gasteiger charge is 2.34. The van der Waals surface area contributed by atoms with Gasteiger partial charge in [0.25, 0.3) is 0 Å². The number of ether oxygens (including phenoxy) is 1. The standard InChI is InChI=1S/C15H24N2O2/c16-12-15(8-4-2-1-3-5-9-15)17-14(18)13-7-6-10-19-11-13/h13H,1-11H2,(H,17,18). The number of nitrogens with one attached hydrogen (secondary N) is 1. The average molecular weight is 264 g/mol. The minimum Gasteiger partial charge on any atom is -0.381 e. The van der Waals surface area contributed by atoms with E-state index in [-0.39, 0.29) is 11.8 Å². The van der Waals surface area contributed by atoms with Gasteiger partial charge in [-0.1, -0.05) is 32.1 Å². The number of amides is 1. The van der Waals surface area contributed by atoms with Gasteiger partial charge in [-0.3, -0.25) is 4.79 Å². The molecular weight excluding hydrogens is 240 g/mol. The molecule has 1 N–H and O–H groups in total. The highest BCUT2D eigenvalue weighted by Crippen LogP contribution is 2.27. The number of carbonyl (C=O) groups is 1. The third kappa shape index (κ3) is 3.94. The lowest BCUT2D eigenvalue weighted by molar-refractivity contribution is -0.130. The zero-order chi connectivity index (χ0) is 13.6. The molecule has 1 saturated heterocycles. The maximum atomic E-state index is 12.3. The SMILES string of the molecule is N#CC1(NC(=O)C2CCCOC2)CCCCCCC1. The fourth-order valence-corrected chi connectivity index (χ4v) is 3.06. The summed E-state index contributed by atoms with van der Waals surface area (Å²) in [6, 6.07) is 2.38. The van der Waals surface area contributed by atoms with Crippen LogP contribution >= 0.6 is 0 Å². The second-order valence-electron chi connectivity index (χ2n) is 5.86. The number of nitrogens with zero attached hydrogens (tertiary/aromatic N) is 1. The molecule has 0 aromatic carbocycles. The van der Waals surface area contributed by atoms with Crippen LogP contribution in [0.4, 0.5) is 0 Å². The first-order chi connectivity index (χ1) is 9.26. The molecule has 19 heavy (non-hydrogen) atoms. The largest absolute Gasteiger partial charge is 0.381 e. The Morgan fingerprint density at radius 1 is 1.16 bits per heavy atom. The minimum atomic E-state index is -0.630. The molecule has 1 aliphatic carbocycles. The summed E-state index contributed by atoms with van der Waals surface area (Å²) in [7, 11) is 0. The van der Waals surface area contributed by atoms with Gasteiger partial charge in [-0.15, -0.1) is 0 Å². The Bertz CT molecular complexity index is 335. The number of carbonyl (C=O) groups excluding carboxylic acids is 1. The molecule has 0 bridgehead atoms. The van der Waals surface area contributed by atoms with Gasteiger partial charge in [0.15, 0.2) is 0 Å². The lowest BCUT2D eigenvalue weighted by Crippen LogP contribution is -2.51. The molecule has 4 heteroatoms. The Morgan fingerprint density at radius 3 is 2.42 bits per heavy atom. The summed E-state index contributed by atoms with van der Waals surface area (Å²) in [5.74, 6) is -0.0498. The summed E-state index contributed by atoms with van der Waals surface area (Å²) in [4.78, 5) is 12.3. The highest BCUT2D eigenvalue weighted by atomic mass is 16.5. The van der Waals surface area contributed by atoms with Crippen LogP contribution in [0.25, 0.3) is 0 Å². The third-order valence-electron chi connectivity index (χ3n) is 4.31. The second-order valence-corrected chi connectivity index (χ2v) is 5.86. The van der Waals surface area contributed by atoms with Crippen LogP contribution in [-0.2, 0) is 9.53 Å². The van der Waals surface area contributed by atoms with Gasteiger partial charge in [0.05, 0.1) is 18.6 Å². The molecule has 1 aliphatic heterocycles. The molecule has 1 unspecified atom stereocenters. The summed E-state index contributed by atoms with van der Waals surface area (Å²) in [6.07, 6.45) is 9.09. The molecular formula is C15H24N2O2. The molecule has 0 aromatic rings. The summed E-state index contributed by atoms with van der Waals surface area (Å²) in [5.41, 5.74) is -0.630. The Kier molecular flexibility index (Phi) is 5.21. The molecule has 2 fully saturated rings. The van der Waals surface area contributed by atoms with Gasteiger partial charge in [0.2, 0.25) is 5.91 Å². The van der Waals surface area contributed by atoms with Crippen LogP contribution in [0.3, 0.4) is 0 Å². The molecule has 106 valence electrons. The van der Waals surface area contributed by atoms with E-state index in [4.69, 9.17) is 4.74 Å². The van der Waals surface area contributed by atoms with Crippen LogP contribution in [0.2, 0.25) is 0 Å². The van der Waals surface area contributed by atoms with Crippen molar-refractivity contribution in [1.29, 1.82) is 5.26 Å². The summed E-state index contributed by atoms with van der Waals surface area (Å²) in [5, 5.41) is 12.5. The topological polar surface area (TPSA) is 62.1 Å². The molecule has 2 rings (SSSR count). The molecule has 1 amide bonds. The second kappa shape index (κ2) is 6.91. The lowest BCUT2D eigenvalue weighted by Gasteiger charge is -2.32. The van der Waals surface area contributed by atoms with Crippen molar-refractivity contribution in [2.45, 2.75) is 63.3 Å². The Morgan fingerprint density at radius 2 is 1.84 bits per heavy atom. The van der Waals surface area contributed by atoms with Crippen LogP contribution in [0.15, 0.2) is 0 Å². The Balaban J connectivity index is 1.95. The predicted molar refractivity (Wildman–Crippen MR) is 72.3 cm³/mol. The van der Waals surface area contributed by atoms with Gasteiger partial charge in [0.1, 0.15) is 5.54 Å². The van der Waals surface area contributed by atoms with E-state index in [2.05, 4.69) is 11.4 Å². The first-order valence-corrected chi connectivity index (χ1v) is 7.57. The molecule has 1 heterocycles. The summed E-state index contributed by atoms with van der Waals surface area (Å²) in [6.45, 7) is 1.26. The van der Waals surface area contributed by atoms with E-state index in [0.29, 0.717) is 6.61 Å². The van der Waals surface area contributed by atoms with Gasteiger partial charge in [0, 0.05) is 6.61 Å². The van der Waals surface area contributed by atoms with Crippen LogP contribution in [-0.4, -0.2) is 24.7 Å². The zero-order valence-corrected chi connectivity index (χ0v) is 11.6. The Hall–Kier alpha value is -1.08. The molecule has 1 saturated carbocycles. The minimum absolute atomic E-state index is 0.0156. The van der Waals surface area contributed by atoms with Crippen LogP contribution < -0.4 is 5.32 Å². The van der Waals surface area contributed by atoms with E-state index in [1.54, 1.807) is 0 Å². The predicted octanol–water partition coefficient (Wildman–Crippen LogP) is 2.54. The van der Waals surface area contributed by atoms with Gasteiger partial charge in [-0.25, -0.2) is 0 Å². The van der Waals surface area contributed by atoms with E-state index in [9.17, 15) is 10.1 Å². The maximum absolute atomic E-state index is 12.3. The monoisotopic (exact) mass is 264 g/mol. The third-order valence-corrected chi connectivity index (χ3v) is 4.31. The van der Waals surface area contributed by atoms with Crippen molar-refractivity contribution < 1.29 is 9.53 Å². The van der Waals surface area contributed by atoms with E-state index in [0.717, 1.165) is 45.1 Å². The average Bonchev–Trinajstić information content (AvgIpc) is 2.43. The first kappa shape index (κ1) is 14.3. The number of hydrogen-bond donors (Lipinski definition) is 1. The van der Waals surface area contributed by atoms with Gasteiger partial charge in [-0.05, 0) is 25.7 Å². The number of nitriles is 1. The Labute approximate surface area is 115 Å². The van der Waals surface area contributed by atoms with Crippen molar-refractivity contribution in [3.63, 3.8) is 0 Å². The van der Waals surface area contributed by atoms with Crippen molar-refractivity contribution in [3.05, 3.63) is 0 Å². The van der Waals surface area contributed by atoms with E-state index in [1.807, 2.05) is 0 Å². The van der Waals surface area contributed by atoms with Crippen molar-refractivity contribution in [2.75, 3.05) is 13.2 Å². The number of rotatable bonds is 2. The molecule has 2 aliphatic rings. The quantitative estimate of drug-likeness (QED) is 0.833. The van der Waals surface area contributed by atoms with Gasteiger partial charge < -0.3 is 10.1 Å². The first-order valence-electron chi connectivity index (χ1n) is 7.57. The van der Waals surface area contributed by atoms with Crippen molar-refractivity contribution in [3.8, 4) is 6.07 Å². The van der Waals surface area contributed by atoms with Crippen molar-refractivity contribution >= 4 is 5.91 Å². The summed E-state index contributed by atoms with van der Waals surface area (Å²) >= 11 is 0. The van der Waals surface area contributed by atoms with E-state index >= 15 is 0 Å². The van der Waals surface area contributed by atoms with Crippen LogP contribution in [0.5, 0.6) is 0 Å². The molecule has 0 radical (unpaired) electrons. The smallest absolute Gasteiger partial charge is 0.226 e. The summed E-state index contributed by atoms with van der Waals surface area (Å²) < 4.78 is 5.36. The molecule has 0 aromatic heterocycles. The molecule has 4 nitrogen and oxygen atoms in total. The normalized spacial score (nSPS) is 27.6. The lowest BCUT2D eigenvalue weighted by atomic mass is 9.84. The van der Waals surface area contributed by atoms with Gasteiger partial charge >= 0.3 is 0 Å². The molecule has 0 spiro atoms. The van der Waals surface area contributed by atoms with Crippen LogP contribution in [0, 0.1) is 17.2 Å². The number of hydrogen-bond acceptors (Lipinski definition) is 3. The maximum Gasteiger partial charge on any atom is 0.226 e. The fourth-order valence-electron chi connectivity index (χ4n) is 3.06. The highest BCUT2D eigenvalue weighted by molar-refractivity contribution is 5.80. The van der Waals surface area contributed by atoms with Crippen molar-refractivity contribution in [1.82, 2.24) is 5.32 Å². The molecule has 1 atom stereocenters. The van der Waals surface area contributed by atoms with Crippen molar-refractivity contribution in [2.24, 2.45) is 5.92 Å². The fraction of sp³-hybridized carbons (Fsp3) is 0.867. The van der Waals surface area contributed by atoms with Crippen LogP contribution in [0.1, 0.15) is 57.8 Å². The van der Waals surface area contributed by atoms with Gasteiger partial charge in [-0.2, -0.15) is 5.26 Å². The van der Waals surface area contributed by atoms with E-state index < -0.39 is 5.54 Å². The van der Waals surface area contributed by atoms with E-state index in [1.165, 1.54) is 19.3 Å². The zero-order valence-electron chi connectivity index (χ0n) is 11.6.